The molecule has 0 unspecified atom stereocenters. The fourth-order valence-corrected chi connectivity index (χ4v) is 2.84. The van der Waals surface area contributed by atoms with Crippen LogP contribution in [-0.2, 0) is 0 Å². The molecule has 0 fully saturated rings. The maximum atomic E-state index is 4.60. The van der Waals surface area contributed by atoms with E-state index in [1.165, 1.54) is 4.70 Å². The number of fused-ring (bicyclic) bond motifs is 2. The van der Waals surface area contributed by atoms with Gasteiger partial charge in [0.1, 0.15) is 10.5 Å². The molecule has 18 heavy (non-hydrogen) atoms. The van der Waals surface area contributed by atoms with Crippen LogP contribution in [0.5, 0.6) is 0 Å². The zero-order valence-corrected chi connectivity index (χ0v) is 10.0. The number of nitrogens with zero attached hydrogens (tertiary/aromatic N) is 3. The zero-order chi connectivity index (χ0) is 11.9. The van der Waals surface area contributed by atoms with Crippen molar-refractivity contribution in [2.45, 2.75) is 0 Å². The van der Waals surface area contributed by atoms with Crippen LogP contribution in [0, 0.1) is 6.07 Å². The summed E-state index contributed by atoms with van der Waals surface area (Å²) in [6.07, 6.45) is 0. The molecule has 0 saturated carbocycles. The summed E-state index contributed by atoms with van der Waals surface area (Å²) in [7, 11) is 0. The van der Waals surface area contributed by atoms with Crippen LogP contribution in [-0.4, -0.2) is 20.4 Å². The monoisotopic (exact) mass is 251 g/mol. The Morgan fingerprint density at radius 1 is 1.11 bits per heavy atom. The van der Waals surface area contributed by atoms with Crippen LogP contribution < -0.4 is 0 Å². The molecule has 0 spiro atoms. The second kappa shape index (κ2) is 3.61. The summed E-state index contributed by atoms with van der Waals surface area (Å²) in [5, 5.41) is 11.5. The third-order valence-corrected chi connectivity index (χ3v) is 3.84. The third-order valence-electron chi connectivity index (χ3n) is 2.77. The predicted molar refractivity (Wildman–Crippen MR) is 71.3 cm³/mol. The van der Waals surface area contributed by atoms with Crippen LogP contribution >= 0.6 is 11.3 Å². The second-order valence-electron chi connectivity index (χ2n) is 3.93. The van der Waals surface area contributed by atoms with Crippen molar-refractivity contribution in [1.82, 2.24) is 20.4 Å². The number of rotatable bonds is 1. The summed E-state index contributed by atoms with van der Waals surface area (Å²) in [6.45, 7) is 0. The first-order valence-corrected chi connectivity index (χ1v) is 6.31. The molecule has 0 aliphatic heterocycles. The Morgan fingerprint density at radius 2 is 2.06 bits per heavy atom. The molecule has 2 aromatic carbocycles. The molecule has 2 aromatic heterocycles. The minimum atomic E-state index is 0.742. The standard InChI is InChI=1S/C13H7N4S/c1-2-4-12-10(3-1)14-13(18-12)8-5-6-9-11(7-8)16-17-15-9/h1-6H,(H,15,16,17). The smallest absolute Gasteiger partial charge is 0.125 e. The highest BCUT2D eigenvalue weighted by atomic mass is 32.1. The first-order chi connectivity index (χ1) is 8.90. The van der Waals surface area contributed by atoms with E-state index in [1.54, 1.807) is 11.3 Å². The van der Waals surface area contributed by atoms with Gasteiger partial charge < -0.3 is 0 Å². The molecule has 85 valence electrons. The molecule has 4 nitrogen and oxygen atoms in total. The Labute approximate surface area is 106 Å². The Hall–Kier alpha value is -2.27. The molecule has 0 bridgehead atoms. The molecule has 4 aromatic rings. The lowest BCUT2D eigenvalue weighted by molar-refractivity contribution is 0.959. The van der Waals surface area contributed by atoms with E-state index in [4.69, 9.17) is 0 Å². The van der Waals surface area contributed by atoms with Crippen molar-refractivity contribution in [2.24, 2.45) is 0 Å². The predicted octanol–water partition coefficient (Wildman–Crippen LogP) is 3.03. The van der Waals surface area contributed by atoms with Crippen LogP contribution in [0.4, 0.5) is 0 Å². The van der Waals surface area contributed by atoms with Gasteiger partial charge in [-0.05, 0) is 24.3 Å². The van der Waals surface area contributed by atoms with Gasteiger partial charge in [-0.1, -0.05) is 17.3 Å². The second-order valence-corrected chi connectivity index (χ2v) is 4.96. The number of benzene rings is 2. The summed E-state index contributed by atoms with van der Waals surface area (Å²) in [6, 6.07) is 15.3. The van der Waals surface area contributed by atoms with Gasteiger partial charge in [-0.3, -0.25) is 5.10 Å². The van der Waals surface area contributed by atoms with Crippen molar-refractivity contribution >= 4 is 32.6 Å². The van der Waals surface area contributed by atoms with Crippen LogP contribution in [0.2, 0.25) is 0 Å². The van der Waals surface area contributed by atoms with E-state index >= 15 is 0 Å². The van der Waals surface area contributed by atoms with E-state index in [2.05, 4.69) is 32.5 Å². The van der Waals surface area contributed by atoms with Crippen molar-refractivity contribution in [2.75, 3.05) is 0 Å². The maximum absolute atomic E-state index is 4.60. The Morgan fingerprint density at radius 3 is 3.00 bits per heavy atom. The third kappa shape index (κ3) is 1.41. The number of aromatic amines is 1. The molecular weight excluding hydrogens is 244 g/mol. The molecule has 0 aliphatic rings. The van der Waals surface area contributed by atoms with E-state index in [0.29, 0.717) is 0 Å². The summed E-state index contributed by atoms with van der Waals surface area (Å²) in [5.74, 6) is 0. The fourth-order valence-electron chi connectivity index (χ4n) is 1.89. The average molecular weight is 251 g/mol. The van der Waals surface area contributed by atoms with E-state index < -0.39 is 0 Å². The van der Waals surface area contributed by atoms with Gasteiger partial charge in [-0.2, -0.15) is 0 Å². The highest BCUT2D eigenvalue weighted by Crippen LogP contribution is 2.30. The van der Waals surface area contributed by atoms with Crippen molar-refractivity contribution in [3.8, 4) is 10.6 Å². The number of thiazole rings is 1. The van der Waals surface area contributed by atoms with Gasteiger partial charge in [-0.25, -0.2) is 4.98 Å². The Kier molecular flexibility index (Phi) is 1.95. The van der Waals surface area contributed by atoms with E-state index in [9.17, 15) is 0 Å². The lowest BCUT2D eigenvalue weighted by Crippen LogP contribution is -1.77. The quantitative estimate of drug-likeness (QED) is 0.565. The van der Waals surface area contributed by atoms with Crippen molar-refractivity contribution in [3.05, 3.63) is 42.5 Å². The number of para-hydroxylation sites is 1. The van der Waals surface area contributed by atoms with Crippen LogP contribution in [0.3, 0.4) is 0 Å². The number of hydrogen-bond donors (Lipinski definition) is 1. The average Bonchev–Trinajstić information content (AvgIpc) is 3.04. The van der Waals surface area contributed by atoms with Crippen molar-refractivity contribution < 1.29 is 0 Å². The number of nitrogens with one attached hydrogen (secondary N) is 1. The normalized spacial score (nSPS) is 11.3. The van der Waals surface area contributed by atoms with Crippen LogP contribution in [0.25, 0.3) is 31.8 Å². The van der Waals surface area contributed by atoms with Gasteiger partial charge in [0.15, 0.2) is 0 Å². The molecule has 2 heterocycles. The minimum Gasteiger partial charge on any atom is -0.258 e. The van der Waals surface area contributed by atoms with Gasteiger partial charge >= 0.3 is 0 Å². The SMILES string of the molecule is [c]1c(-c2nc3ccccc3s2)ccc2[nH]nnc12. The van der Waals surface area contributed by atoms with E-state index in [-0.39, 0.29) is 0 Å². The van der Waals surface area contributed by atoms with Gasteiger partial charge in [0, 0.05) is 11.6 Å². The lowest BCUT2D eigenvalue weighted by Gasteiger charge is -1.93. The molecule has 0 saturated heterocycles. The summed E-state index contributed by atoms with van der Waals surface area (Å²) in [5.41, 5.74) is 3.61. The zero-order valence-electron chi connectivity index (χ0n) is 9.21. The Balaban J connectivity index is 1.94. The van der Waals surface area contributed by atoms with Crippen LogP contribution in [0.15, 0.2) is 36.4 Å². The molecule has 0 aliphatic carbocycles. The summed E-state index contributed by atoms with van der Waals surface area (Å²) >= 11 is 1.66. The maximum Gasteiger partial charge on any atom is 0.125 e. The van der Waals surface area contributed by atoms with Gasteiger partial charge in [0.05, 0.1) is 15.7 Å². The van der Waals surface area contributed by atoms with Gasteiger partial charge in [0.2, 0.25) is 0 Å². The largest absolute Gasteiger partial charge is 0.258 e. The molecule has 4 rings (SSSR count). The highest BCUT2D eigenvalue weighted by Gasteiger charge is 2.07. The topological polar surface area (TPSA) is 54.5 Å². The molecule has 1 N–H and O–H groups in total. The lowest BCUT2D eigenvalue weighted by atomic mass is 10.2. The number of hydrogen-bond acceptors (Lipinski definition) is 4. The van der Waals surface area contributed by atoms with Crippen molar-refractivity contribution in [3.63, 3.8) is 0 Å². The Bertz CT molecular complexity index is 813. The summed E-state index contributed by atoms with van der Waals surface area (Å²) in [4.78, 5) is 4.60. The van der Waals surface area contributed by atoms with Gasteiger partial charge in [-0.15, -0.1) is 16.4 Å². The summed E-state index contributed by atoms with van der Waals surface area (Å²) < 4.78 is 1.18. The minimum absolute atomic E-state index is 0.742. The van der Waals surface area contributed by atoms with Gasteiger partial charge in [0.25, 0.3) is 0 Å². The number of H-pyrrole nitrogens is 1. The molecule has 5 heteroatoms. The van der Waals surface area contributed by atoms with Crippen LogP contribution in [0.1, 0.15) is 0 Å². The first kappa shape index (κ1) is 9.73. The molecule has 0 atom stereocenters. The van der Waals surface area contributed by atoms with Crippen molar-refractivity contribution in [1.29, 1.82) is 0 Å². The number of aromatic nitrogens is 4. The first-order valence-electron chi connectivity index (χ1n) is 5.49. The van der Waals surface area contributed by atoms with E-state index in [1.807, 2.05) is 30.3 Å². The molecular formula is C13H7N4S. The molecule has 0 amide bonds. The fraction of sp³-hybridized carbons (Fsp3) is 0. The van der Waals surface area contributed by atoms with E-state index in [0.717, 1.165) is 27.1 Å². The highest BCUT2D eigenvalue weighted by molar-refractivity contribution is 7.21. The molecule has 1 radical (unpaired) electrons.